The molecule has 0 aromatic carbocycles. The zero-order chi connectivity index (χ0) is 22.5. The van der Waals surface area contributed by atoms with E-state index in [4.69, 9.17) is 9.05 Å². The molecule has 30 heavy (non-hydrogen) atoms. The number of hydrogen-bond acceptors (Lipinski definition) is 2. The van der Waals surface area contributed by atoms with Crippen LogP contribution in [0.3, 0.4) is 0 Å². The Hall–Kier alpha value is 0.150. The number of unbranched alkanes of at least 4 members (excludes halogenated alkanes) is 1. The van der Waals surface area contributed by atoms with Crippen molar-refractivity contribution in [1.29, 1.82) is 0 Å². The second kappa shape index (κ2) is 22.3. The van der Waals surface area contributed by atoms with Crippen LogP contribution in [0.5, 0.6) is 0 Å². The number of rotatable bonds is 13. The lowest BCUT2D eigenvalue weighted by Gasteiger charge is -2.19. The highest BCUT2D eigenvalue weighted by Gasteiger charge is 2.12. The minimum absolute atomic E-state index is 0.0261. The molecule has 7 heteroatoms. The van der Waals surface area contributed by atoms with Gasteiger partial charge in [-0.15, -0.1) is 11.8 Å². The van der Waals surface area contributed by atoms with Crippen LogP contribution in [-0.2, 0) is 9.05 Å². The summed E-state index contributed by atoms with van der Waals surface area (Å²) in [6.07, 6.45) is 21.3. The SMILES string of the molecule is CCC#CCC(C=CC#CC=CC=CC(OPP)C(C)CC=CCCC)OP(P)P. The molecule has 0 aliphatic carbocycles. The average Bonchev–Trinajstić information content (AvgIpc) is 2.71. The summed E-state index contributed by atoms with van der Waals surface area (Å²) < 4.78 is 11.7. The van der Waals surface area contributed by atoms with E-state index in [1.165, 1.54) is 6.42 Å². The molecule has 0 rings (SSSR count). The predicted molar refractivity (Wildman–Crippen MR) is 150 cm³/mol. The summed E-state index contributed by atoms with van der Waals surface area (Å²) in [5.74, 6) is 12.7. The van der Waals surface area contributed by atoms with Gasteiger partial charge in [0, 0.05) is 21.3 Å². The molecule has 0 aliphatic rings. The summed E-state index contributed by atoms with van der Waals surface area (Å²) in [4.78, 5) is 0. The van der Waals surface area contributed by atoms with Crippen LogP contribution in [0.1, 0.15) is 52.9 Å². The van der Waals surface area contributed by atoms with Gasteiger partial charge >= 0.3 is 0 Å². The maximum Gasteiger partial charge on any atom is 0.0925 e. The molecule has 0 heterocycles. The van der Waals surface area contributed by atoms with Gasteiger partial charge in [-0.1, -0.05) is 96.2 Å². The average molecular weight is 500 g/mol. The normalized spacial score (nSPS) is 15.3. The van der Waals surface area contributed by atoms with Gasteiger partial charge < -0.3 is 9.05 Å². The van der Waals surface area contributed by atoms with E-state index in [0.717, 1.165) is 19.3 Å². The first-order chi connectivity index (χ1) is 14.5. The third-order valence-electron chi connectivity index (χ3n) is 3.83. The molecule has 2 nitrogen and oxygen atoms in total. The first kappa shape index (κ1) is 30.1. The summed E-state index contributed by atoms with van der Waals surface area (Å²) in [7, 11) is 7.82. The molecule has 7 atom stereocenters. The lowest BCUT2D eigenvalue weighted by atomic mass is 10.00. The van der Waals surface area contributed by atoms with Crippen molar-refractivity contribution >= 4 is 42.8 Å². The van der Waals surface area contributed by atoms with E-state index in [-0.39, 0.29) is 12.2 Å². The molecule has 7 unspecified atom stereocenters. The van der Waals surface area contributed by atoms with Crippen LogP contribution < -0.4 is 0 Å². The fraction of sp³-hybridized carbons (Fsp3) is 0.478. The first-order valence-electron chi connectivity index (χ1n) is 10.2. The Balaban J connectivity index is 4.65. The van der Waals surface area contributed by atoms with Crippen LogP contribution in [0.2, 0.25) is 0 Å². The van der Waals surface area contributed by atoms with E-state index in [0.29, 0.717) is 20.8 Å². The Morgan fingerprint density at radius 3 is 2.47 bits per heavy atom. The molecule has 0 saturated carbocycles. The van der Waals surface area contributed by atoms with Gasteiger partial charge in [-0.3, -0.25) is 0 Å². The summed E-state index contributed by atoms with van der Waals surface area (Å²) in [6.45, 7) is 6.47. The van der Waals surface area contributed by atoms with Crippen molar-refractivity contribution in [3.63, 3.8) is 0 Å². The highest BCUT2D eigenvalue weighted by molar-refractivity contribution is 8.41. The van der Waals surface area contributed by atoms with Crippen molar-refractivity contribution in [2.24, 2.45) is 5.92 Å². The van der Waals surface area contributed by atoms with Crippen molar-refractivity contribution in [2.45, 2.75) is 65.1 Å². The predicted octanol–water partition coefficient (Wildman–Crippen LogP) is 7.98. The van der Waals surface area contributed by atoms with E-state index in [9.17, 15) is 0 Å². The van der Waals surface area contributed by atoms with Crippen LogP contribution in [-0.4, -0.2) is 12.2 Å². The molecule has 166 valence electrons. The zero-order valence-electron chi connectivity index (χ0n) is 18.4. The molecule has 0 fully saturated rings. The topological polar surface area (TPSA) is 18.5 Å². The third kappa shape index (κ3) is 18.9. The smallest absolute Gasteiger partial charge is 0.0925 e. The molecule has 0 amide bonds. The third-order valence-corrected chi connectivity index (χ3v) is 5.89. The van der Waals surface area contributed by atoms with E-state index in [1.807, 2.05) is 37.3 Å². The minimum Gasteiger partial charge on any atom is -0.351 e. The summed E-state index contributed by atoms with van der Waals surface area (Å²) >= 11 is 0. The van der Waals surface area contributed by atoms with Gasteiger partial charge in [0.1, 0.15) is 0 Å². The molecular weight excluding hydrogens is 463 g/mol. The van der Waals surface area contributed by atoms with Crippen molar-refractivity contribution in [3.05, 3.63) is 48.6 Å². The lowest BCUT2D eigenvalue weighted by Crippen LogP contribution is -2.15. The Labute approximate surface area is 194 Å². The van der Waals surface area contributed by atoms with Crippen LogP contribution in [0.15, 0.2) is 48.6 Å². The van der Waals surface area contributed by atoms with Gasteiger partial charge in [0.15, 0.2) is 0 Å². The molecular formula is C23H37O2P5. The van der Waals surface area contributed by atoms with Crippen molar-refractivity contribution in [1.82, 2.24) is 0 Å². The van der Waals surface area contributed by atoms with Crippen molar-refractivity contribution in [3.8, 4) is 23.7 Å². The van der Waals surface area contributed by atoms with Gasteiger partial charge in [-0.2, -0.15) is 0 Å². The van der Waals surface area contributed by atoms with E-state index in [2.05, 4.69) is 82.5 Å². The van der Waals surface area contributed by atoms with Gasteiger partial charge in [-0.25, -0.2) is 0 Å². The minimum atomic E-state index is -0.589. The van der Waals surface area contributed by atoms with Gasteiger partial charge in [0.2, 0.25) is 0 Å². The Morgan fingerprint density at radius 2 is 1.80 bits per heavy atom. The van der Waals surface area contributed by atoms with Crippen molar-refractivity contribution < 1.29 is 9.05 Å². The van der Waals surface area contributed by atoms with Crippen LogP contribution in [0.25, 0.3) is 0 Å². The molecule has 0 bridgehead atoms. The van der Waals surface area contributed by atoms with Crippen molar-refractivity contribution in [2.75, 3.05) is 0 Å². The summed E-state index contributed by atoms with van der Waals surface area (Å²) in [5.41, 5.74) is 0. The van der Waals surface area contributed by atoms with Gasteiger partial charge in [-0.05, 0) is 37.0 Å². The fourth-order valence-corrected chi connectivity index (χ4v) is 4.61. The Bertz CT molecular complexity index is 663. The Kier molecular flexibility index (Phi) is 22.5. The van der Waals surface area contributed by atoms with Crippen LogP contribution in [0.4, 0.5) is 0 Å². The quantitative estimate of drug-likeness (QED) is 0.111. The fourth-order valence-electron chi connectivity index (χ4n) is 2.28. The summed E-state index contributed by atoms with van der Waals surface area (Å²) in [5, 5.41) is 0. The zero-order valence-corrected chi connectivity index (χ0v) is 23.7. The lowest BCUT2D eigenvalue weighted by molar-refractivity contribution is 0.220. The molecule has 0 aromatic heterocycles. The van der Waals surface area contributed by atoms with Crippen LogP contribution in [0, 0.1) is 29.6 Å². The van der Waals surface area contributed by atoms with Gasteiger partial charge in [0.05, 0.1) is 19.7 Å². The number of hydrogen-bond donors (Lipinski definition) is 0. The summed E-state index contributed by atoms with van der Waals surface area (Å²) in [6, 6.07) is 0. The molecule has 0 N–H and O–H groups in total. The maximum atomic E-state index is 5.87. The van der Waals surface area contributed by atoms with E-state index in [1.54, 1.807) is 0 Å². The molecule has 0 aliphatic heterocycles. The van der Waals surface area contributed by atoms with Crippen LogP contribution >= 0.6 is 42.8 Å². The first-order valence-corrected chi connectivity index (χ1v) is 17.5. The monoisotopic (exact) mass is 500 g/mol. The molecule has 0 radical (unpaired) electrons. The van der Waals surface area contributed by atoms with Gasteiger partial charge in [0.25, 0.3) is 0 Å². The van der Waals surface area contributed by atoms with E-state index >= 15 is 0 Å². The van der Waals surface area contributed by atoms with E-state index < -0.39 is 7.53 Å². The second-order valence-electron chi connectivity index (χ2n) is 6.48. The maximum absolute atomic E-state index is 5.87. The Morgan fingerprint density at radius 1 is 1.03 bits per heavy atom. The highest BCUT2D eigenvalue weighted by atomic mass is 32.4. The second-order valence-corrected chi connectivity index (χ2v) is 13.4. The number of allylic oxidation sites excluding steroid dienone is 6. The highest BCUT2D eigenvalue weighted by Crippen LogP contribution is 2.54. The molecule has 0 spiro atoms. The molecule has 0 saturated heterocycles. The largest absolute Gasteiger partial charge is 0.351 e. The molecule has 0 aromatic rings. The standard InChI is InChI=1S/C23H37O2P5/c1-4-6-8-14-17-21(3)23(24-29-26)20-16-12-10-9-11-15-19-22(25-30(27)28)18-13-7-5-2/h8,10,12,14-16,19-23,29H,4-6,17-18,26-28H2,1-3H3.